The summed E-state index contributed by atoms with van der Waals surface area (Å²) in [7, 11) is 0. The van der Waals surface area contributed by atoms with Crippen molar-refractivity contribution in [2.45, 2.75) is 26.2 Å². The van der Waals surface area contributed by atoms with Gasteiger partial charge in [0, 0.05) is 0 Å². The number of aryl methyl sites for hydroxylation is 3. The molecule has 0 aliphatic rings. The summed E-state index contributed by atoms with van der Waals surface area (Å²) in [4.78, 5) is 11.2. The molecule has 0 fully saturated rings. The van der Waals surface area contributed by atoms with Crippen LogP contribution in [0.25, 0.3) is 0 Å². The molecule has 0 aliphatic carbocycles. The van der Waals surface area contributed by atoms with Crippen LogP contribution in [0.15, 0.2) is 48.5 Å². The van der Waals surface area contributed by atoms with Crippen molar-refractivity contribution in [1.82, 2.24) is 5.43 Å². The van der Waals surface area contributed by atoms with Crippen molar-refractivity contribution in [3.05, 3.63) is 70.8 Å². The first-order valence-electron chi connectivity index (χ1n) is 6.80. The minimum Gasteiger partial charge on any atom is -0.294 e. The third-order valence-corrected chi connectivity index (χ3v) is 3.37. The number of amides is 1. The Morgan fingerprint density at radius 1 is 0.900 bits per heavy atom. The second kappa shape index (κ2) is 6.87. The van der Waals surface area contributed by atoms with Gasteiger partial charge in [-0.15, -0.1) is 0 Å². The summed E-state index contributed by atoms with van der Waals surface area (Å²) in [5.41, 5.74) is 7.04. The number of benzene rings is 2. The highest BCUT2D eigenvalue weighted by Crippen LogP contribution is 2.10. The number of hydrogen-bond acceptors (Lipinski definition) is 2. The first-order chi connectivity index (χ1) is 9.67. The van der Waals surface area contributed by atoms with E-state index >= 15 is 0 Å². The molecule has 2 aromatic rings. The van der Waals surface area contributed by atoms with Crippen LogP contribution in [0, 0.1) is 6.92 Å². The molecular formula is C17H20N2O. The van der Waals surface area contributed by atoms with E-state index in [1.807, 2.05) is 12.1 Å². The van der Waals surface area contributed by atoms with Crippen LogP contribution in [-0.4, -0.2) is 5.91 Å². The number of nitrogens with one attached hydrogen (secondary N) is 1. The van der Waals surface area contributed by atoms with E-state index in [2.05, 4.69) is 48.7 Å². The molecular weight excluding hydrogens is 248 g/mol. The topological polar surface area (TPSA) is 55.1 Å². The minimum absolute atomic E-state index is 0.169. The molecule has 0 heterocycles. The van der Waals surface area contributed by atoms with Crippen LogP contribution in [-0.2, 0) is 24.1 Å². The zero-order chi connectivity index (χ0) is 14.4. The fraction of sp³-hybridized carbons (Fsp3) is 0.235. The van der Waals surface area contributed by atoms with Gasteiger partial charge in [-0.2, -0.15) is 0 Å². The third-order valence-electron chi connectivity index (χ3n) is 3.37. The van der Waals surface area contributed by atoms with Gasteiger partial charge in [0.2, 0.25) is 5.91 Å². The SMILES string of the molecule is Cc1ccc(CCc2ccc(CC(=O)NN)cc2)cc1. The van der Waals surface area contributed by atoms with Crippen LogP contribution in [0.1, 0.15) is 22.3 Å². The summed E-state index contributed by atoms with van der Waals surface area (Å²) in [6.45, 7) is 2.10. The molecule has 0 radical (unpaired) electrons. The number of rotatable bonds is 5. The molecule has 20 heavy (non-hydrogen) atoms. The maximum Gasteiger partial charge on any atom is 0.238 e. The Labute approximate surface area is 119 Å². The normalized spacial score (nSPS) is 10.3. The first kappa shape index (κ1) is 14.3. The quantitative estimate of drug-likeness (QED) is 0.497. The Bertz CT molecular complexity index is 559. The maximum atomic E-state index is 11.2. The molecule has 0 saturated heterocycles. The van der Waals surface area contributed by atoms with Gasteiger partial charge in [0.05, 0.1) is 6.42 Å². The largest absolute Gasteiger partial charge is 0.294 e. The predicted octanol–water partition coefficient (Wildman–Crippen LogP) is 2.31. The highest BCUT2D eigenvalue weighted by Gasteiger charge is 2.01. The fourth-order valence-electron chi connectivity index (χ4n) is 2.10. The average molecular weight is 268 g/mol. The van der Waals surface area contributed by atoms with Gasteiger partial charge in [-0.1, -0.05) is 54.1 Å². The first-order valence-corrected chi connectivity index (χ1v) is 6.80. The Kier molecular flexibility index (Phi) is 4.91. The van der Waals surface area contributed by atoms with Crippen molar-refractivity contribution in [2.24, 2.45) is 5.84 Å². The zero-order valence-electron chi connectivity index (χ0n) is 11.7. The second-order valence-corrected chi connectivity index (χ2v) is 5.05. The molecule has 0 spiro atoms. The molecule has 3 nitrogen and oxygen atoms in total. The lowest BCUT2D eigenvalue weighted by molar-refractivity contribution is -0.120. The molecule has 2 aromatic carbocycles. The Morgan fingerprint density at radius 2 is 1.35 bits per heavy atom. The summed E-state index contributed by atoms with van der Waals surface area (Å²) in [5, 5.41) is 0. The highest BCUT2D eigenvalue weighted by molar-refractivity contribution is 5.77. The van der Waals surface area contributed by atoms with Gasteiger partial charge in [-0.3, -0.25) is 10.2 Å². The lowest BCUT2D eigenvalue weighted by Crippen LogP contribution is -2.31. The van der Waals surface area contributed by atoms with Crippen LogP contribution < -0.4 is 11.3 Å². The van der Waals surface area contributed by atoms with E-state index in [-0.39, 0.29) is 5.91 Å². The number of nitrogens with two attached hydrogens (primary N) is 1. The zero-order valence-corrected chi connectivity index (χ0v) is 11.7. The van der Waals surface area contributed by atoms with Crippen molar-refractivity contribution in [2.75, 3.05) is 0 Å². The number of carbonyl (C=O) groups excluding carboxylic acids is 1. The Hall–Kier alpha value is -2.13. The van der Waals surface area contributed by atoms with Crippen LogP contribution in [0.4, 0.5) is 0 Å². The molecule has 0 saturated carbocycles. The second-order valence-electron chi connectivity index (χ2n) is 5.05. The minimum atomic E-state index is -0.169. The molecule has 2 rings (SSSR count). The van der Waals surface area contributed by atoms with Crippen LogP contribution in [0.2, 0.25) is 0 Å². The molecule has 1 amide bonds. The van der Waals surface area contributed by atoms with E-state index < -0.39 is 0 Å². The van der Waals surface area contributed by atoms with E-state index in [1.165, 1.54) is 16.7 Å². The molecule has 0 aromatic heterocycles. The summed E-state index contributed by atoms with van der Waals surface area (Å²) in [6, 6.07) is 16.8. The van der Waals surface area contributed by atoms with E-state index in [1.54, 1.807) is 0 Å². The smallest absolute Gasteiger partial charge is 0.238 e. The van der Waals surface area contributed by atoms with E-state index in [0.29, 0.717) is 6.42 Å². The molecule has 3 heteroatoms. The molecule has 0 bridgehead atoms. The molecule has 3 N–H and O–H groups in total. The predicted molar refractivity (Wildman–Crippen MR) is 81.1 cm³/mol. The average Bonchev–Trinajstić information content (AvgIpc) is 2.48. The lowest BCUT2D eigenvalue weighted by atomic mass is 10.0. The maximum absolute atomic E-state index is 11.2. The highest BCUT2D eigenvalue weighted by atomic mass is 16.2. The van der Waals surface area contributed by atoms with Crippen molar-refractivity contribution in [1.29, 1.82) is 0 Å². The van der Waals surface area contributed by atoms with Gasteiger partial charge < -0.3 is 0 Å². The summed E-state index contributed by atoms with van der Waals surface area (Å²) in [6.07, 6.45) is 2.37. The van der Waals surface area contributed by atoms with Gasteiger partial charge in [0.25, 0.3) is 0 Å². The van der Waals surface area contributed by atoms with Gasteiger partial charge in [-0.25, -0.2) is 5.84 Å². The third kappa shape index (κ3) is 4.21. The van der Waals surface area contributed by atoms with Gasteiger partial charge in [0.1, 0.15) is 0 Å². The Morgan fingerprint density at radius 3 is 1.85 bits per heavy atom. The van der Waals surface area contributed by atoms with Crippen molar-refractivity contribution in [3.8, 4) is 0 Å². The number of hydrogen-bond donors (Lipinski definition) is 2. The van der Waals surface area contributed by atoms with E-state index in [9.17, 15) is 4.79 Å². The van der Waals surface area contributed by atoms with Gasteiger partial charge >= 0.3 is 0 Å². The van der Waals surface area contributed by atoms with Crippen molar-refractivity contribution >= 4 is 5.91 Å². The summed E-state index contributed by atoms with van der Waals surface area (Å²) in [5.74, 6) is 4.90. The molecule has 0 aliphatic heterocycles. The van der Waals surface area contributed by atoms with Crippen molar-refractivity contribution < 1.29 is 4.79 Å². The monoisotopic (exact) mass is 268 g/mol. The summed E-state index contributed by atoms with van der Waals surface area (Å²) < 4.78 is 0. The van der Waals surface area contributed by atoms with E-state index in [0.717, 1.165) is 18.4 Å². The molecule has 0 atom stereocenters. The van der Waals surface area contributed by atoms with Crippen molar-refractivity contribution in [3.63, 3.8) is 0 Å². The van der Waals surface area contributed by atoms with Gasteiger partial charge in [-0.05, 0) is 36.5 Å². The van der Waals surface area contributed by atoms with Gasteiger partial charge in [0.15, 0.2) is 0 Å². The van der Waals surface area contributed by atoms with E-state index in [4.69, 9.17) is 5.84 Å². The van der Waals surface area contributed by atoms with Crippen LogP contribution >= 0.6 is 0 Å². The molecule has 0 unspecified atom stereocenters. The van der Waals surface area contributed by atoms with Crippen LogP contribution in [0.5, 0.6) is 0 Å². The standard InChI is InChI=1S/C17H20N2O/c1-13-2-4-14(5-3-13)6-7-15-8-10-16(11-9-15)12-17(20)19-18/h2-5,8-11H,6-7,12,18H2,1H3,(H,19,20). The molecule has 104 valence electrons. The summed E-state index contributed by atoms with van der Waals surface area (Å²) >= 11 is 0. The fourth-order valence-corrected chi connectivity index (χ4v) is 2.10. The number of carbonyl (C=O) groups is 1. The lowest BCUT2D eigenvalue weighted by Gasteiger charge is -2.05. The Balaban J connectivity index is 1.90. The van der Waals surface area contributed by atoms with Crippen LogP contribution in [0.3, 0.4) is 0 Å². The number of hydrazine groups is 1.